The first-order valence-electron chi connectivity index (χ1n) is 7.50. The third kappa shape index (κ3) is 4.57. The van der Waals surface area contributed by atoms with Gasteiger partial charge in [-0.3, -0.25) is 9.59 Å². The number of carbonyl (C=O) groups is 2. The van der Waals surface area contributed by atoms with E-state index in [4.69, 9.17) is 4.74 Å². The average Bonchev–Trinajstić information content (AvgIpc) is 2.57. The van der Waals surface area contributed by atoms with Crippen LogP contribution in [0.3, 0.4) is 0 Å². The van der Waals surface area contributed by atoms with Crippen molar-refractivity contribution in [3.05, 3.63) is 60.2 Å². The fourth-order valence-electron chi connectivity index (χ4n) is 2.12. The maximum Gasteiger partial charge on any atom is 0.313 e. The summed E-state index contributed by atoms with van der Waals surface area (Å²) in [5, 5.41) is 5.25. The third-order valence-electron chi connectivity index (χ3n) is 3.29. The summed E-state index contributed by atoms with van der Waals surface area (Å²) >= 11 is 0. The van der Waals surface area contributed by atoms with Gasteiger partial charge in [-0.1, -0.05) is 42.5 Å². The zero-order valence-electron chi connectivity index (χ0n) is 13.2. The van der Waals surface area contributed by atoms with Gasteiger partial charge >= 0.3 is 11.8 Å². The van der Waals surface area contributed by atoms with Crippen LogP contribution >= 0.6 is 0 Å². The number of carbonyl (C=O) groups excluding carboxylic acids is 2. The van der Waals surface area contributed by atoms with Crippen molar-refractivity contribution in [1.29, 1.82) is 0 Å². The van der Waals surface area contributed by atoms with Crippen LogP contribution in [0.25, 0.3) is 0 Å². The monoisotopic (exact) mass is 312 g/mol. The summed E-state index contributed by atoms with van der Waals surface area (Å²) in [5.41, 5.74) is 1.41. The molecule has 0 aliphatic heterocycles. The van der Waals surface area contributed by atoms with Crippen molar-refractivity contribution in [3.63, 3.8) is 0 Å². The van der Waals surface area contributed by atoms with Gasteiger partial charge < -0.3 is 15.4 Å². The van der Waals surface area contributed by atoms with Crippen molar-refractivity contribution in [2.75, 3.05) is 11.9 Å². The lowest BCUT2D eigenvalue weighted by Gasteiger charge is -2.15. The molecule has 0 radical (unpaired) electrons. The van der Waals surface area contributed by atoms with Gasteiger partial charge in [-0.15, -0.1) is 0 Å². The van der Waals surface area contributed by atoms with Crippen molar-refractivity contribution in [2.45, 2.75) is 19.9 Å². The number of ether oxygens (including phenoxy) is 1. The van der Waals surface area contributed by atoms with Crippen molar-refractivity contribution in [3.8, 4) is 5.75 Å². The number of rotatable bonds is 5. The molecule has 0 heterocycles. The number of anilines is 1. The number of hydrogen-bond acceptors (Lipinski definition) is 3. The summed E-state index contributed by atoms with van der Waals surface area (Å²) < 4.78 is 5.42. The van der Waals surface area contributed by atoms with Crippen molar-refractivity contribution < 1.29 is 14.3 Å². The highest BCUT2D eigenvalue weighted by Crippen LogP contribution is 2.23. The van der Waals surface area contributed by atoms with Crippen LogP contribution in [-0.2, 0) is 9.59 Å². The van der Waals surface area contributed by atoms with E-state index < -0.39 is 11.8 Å². The second-order valence-corrected chi connectivity index (χ2v) is 4.99. The van der Waals surface area contributed by atoms with Crippen molar-refractivity contribution in [1.82, 2.24) is 5.32 Å². The Morgan fingerprint density at radius 3 is 2.35 bits per heavy atom. The van der Waals surface area contributed by atoms with Gasteiger partial charge in [0.2, 0.25) is 0 Å². The van der Waals surface area contributed by atoms with Gasteiger partial charge in [-0.25, -0.2) is 0 Å². The molecule has 0 aromatic heterocycles. The molecule has 0 saturated carbocycles. The molecular formula is C18H20N2O3. The Morgan fingerprint density at radius 2 is 1.65 bits per heavy atom. The highest BCUT2D eigenvalue weighted by atomic mass is 16.5. The molecule has 0 aliphatic carbocycles. The van der Waals surface area contributed by atoms with Gasteiger partial charge in [0.05, 0.1) is 18.3 Å². The van der Waals surface area contributed by atoms with E-state index in [-0.39, 0.29) is 6.04 Å². The van der Waals surface area contributed by atoms with E-state index >= 15 is 0 Å². The zero-order valence-corrected chi connectivity index (χ0v) is 13.2. The fraction of sp³-hybridized carbons (Fsp3) is 0.222. The minimum Gasteiger partial charge on any atom is -0.492 e. The van der Waals surface area contributed by atoms with Crippen molar-refractivity contribution >= 4 is 17.5 Å². The molecule has 2 N–H and O–H groups in total. The Hall–Kier alpha value is -2.82. The minimum atomic E-state index is -0.722. The lowest BCUT2D eigenvalue weighted by atomic mass is 10.1. The SMILES string of the molecule is CCOc1ccccc1NC(=O)C(=O)N[C@H](C)c1ccccc1. The maximum absolute atomic E-state index is 12.1. The third-order valence-corrected chi connectivity index (χ3v) is 3.29. The largest absolute Gasteiger partial charge is 0.492 e. The lowest BCUT2D eigenvalue weighted by molar-refractivity contribution is -0.136. The Morgan fingerprint density at radius 1 is 1.00 bits per heavy atom. The van der Waals surface area contributed by atoms with E-state index in [1.54, 1.807) is 24.3 Å². The molecule has 0 saturated heterocycles. The van der Waals surface area contributed by atoms with Crippen LogP contribution in [0, 0.1) is 0 Å². The molecule has 0 bridgehead atoms. The second-order valence-electron chi connectivity index (χ2n) is 4.99. The first-order valence-corrected chi connectivity index (χ1v) is 7.50. The Balaban J connectivity index is 1.99. The van der Waals surface area contributed by atoms with E-state index in [1.165, 1.54) is 0 Å². The number of nitrogens with one attached hydrogen (secondary N) is 2. The van der Waals surface area contributed by atoms with Gasteiger partial charge in [-0.2, -0.15) is 0 Å². The molecule has 2 aromatic carbocycles. The normalized spacial score (nSPS) is 11.4. The average molecular weight is 312 g/mol. The van der Waals surface area contributed by atoms with Crippen LogP contribution in [0.5, 0.6) is 5.75 Å². The molecule has 5 nitrogen and oxygen atoms in total. The highest BCUT2D eigenvalue weighted by Gasteiger charge is 2.18. The van der Waals surface area contributed by atoms with E-state index in [0.29, 0.717) is 18.0 Å². The highest BCUT2D eigenvalue weighted by molar-refractivity contribution is 6.39. The van der Waals surface area contributed by atoms with Crippen LogP contribution in [0.2, 0.25) is 0 Å². The number of amides is 2. The van der Waals surface area contributed by atoms with Crippen LogP contribution in [0.4, 0.5) is 5.69 Å². The Kier molecular flexibility index (Phi) is 5.74. The quantitative estimate of drug-likeness (QED) is 0.834. The molecule has 0 unspecified atom stereocenters. The molecule has 1 atom stereocenters. The smallest absolute Gasteiger partial charge is 0.313 e. The molecule has 0 spiro atoms. The Bertz CT molecular complexity index is 671. The zero-order chi connectivity index (χ0) is 16.7. The first-order chi connectivity index (χ1) is 11.1. The van der Waals surface area contributed by atoms with Gasteiger partial charge in [0.1, 0.15) is 5.75 Å². The second kappa shape index (κ2) is 7.98. The predicted molar refractivity (Wildman–Crippen MR) is 89.2 cm³/mol. The van der Waals surface area contributed by atoms with Gasteiger partial charge in [0, 0.05) is 0 Å². The van der Waals surface area contributed by atoms with Crippen LogP contribution in [-0.4, -0.2) is 18.4 Å². The summed E-state index contributed by atoms with van der Waals surface area (Å²) in [5.74, 6) is -0.875. The predicted octanol–water partition coefficient (Wildman–Crippen LogP) is 2.90. The summed E-state index contributed by atoms with van der Waals surface area (Å²) in [6.45, 7) is 4.16. The van der Waals surface area contributed by atoms with E-state index in [0.717, 1.165) is 5.56 Å². The summed E-state index contributed by atoms with van der Waals surface area (Å²) in [7, 11) is 0. The van der Waals surface area contributed by atoms with Crippen LogP contribution in [0.1, 0.15) is 25.5 Å². The standard InChI is InChI=1S/C18H20N2O3/c1-3-23-16-12-8-7-11-15(16)20-18(22)17(21)19-13(2)14-9-5-4-6-10-14/h4-13H,3H2,1-2H3,(H,19,21)(H,20,22)/t13-/m1/s1. The summed E-state index contributed by atoms with van der Waals surface area (Å²) in [6, 6.07) is 16.2. The van der Waals surface area contributed by atoms with Gasteiger partial charge in [0.15, 0.2) is 0 Å². The molecule has 5 heteroatoms. The molecule has 2 rings (SSSR count). The molecule has 2 aromatic rings. The fourth-order valence-corrected chi connectivity index (χ4v) is 2.12. The molecule has 0 aliphatic rings. The lowest BCUT2D eigenvalue weighted by Crippen LogP contribution is -2.37. The Labute approximate surface area is 135 Å². The molecular weight excluding hydrogens is 292 g/mol. The molecule has 120 valence electrons. The van der Waals surface area contributed by atoms with Crippen molar-refractivity contribution in [2.24, 2.45) is 0 Å². The van der Waals surface area contributed by atoms with Gasteiger partial charge in [0.25, 0.3) is 0 Å². The van der Waals surface area contributed by atoms with E-state index in [2.05, 4.69) is 10.6 Å². The number of hydrogen-bond donors (Lipinski definition) is 2. The first kappa shape index (κ1) is 16.5. The van der Waals surface area contributed by atoms with E-state index in [1.807, 2.05) is 44.2 Å². The topological polar surface area (TPSA) is 67.4 Å². The van der Waals surface area contributed by atoms with Crippen LogP contribution < -0.4 is 15.4 Å². The number of para-hydroxylation sites is 2. The summed E-state index contributed by atoms with van der Waals surface area (Å²) in [4.78, 5) is 24.1. The van der Waals surface area contributed by atoms with E-state index in [9.17, 15) is 9.59 Å². The summed E-state index contributed by atoms with van der Waals surface area (Å²) in [6.07, 6.45) is 0. The van der Waals surface area contributed by atoms with Crippen LogP contribution in [0.15, 0.2) is 54.6 Å². The molecule has 2 amide bonds. The van der Waals surface area contributed by atoms with Gasteiger partial charge in [-0.05, 0) is 31.5 Å². The maximum atomic E-state index is 12.1. The number of benzene rings is 2. The molecule has 0 fully saturated rings. The molecule has 23 heavy (non-hydrogen) atoms. The minimum absolute atomic E-state index is 0.253.